The van der Waals surface area contributed by atoms with Crippen molar-refractivity contribution in [2.75, 3.05) is 6.61 Å². The highest BCUT2D eigenvalue weighted by Crippen LogP contribution is 2.05. The molecule has 0 heterocycles. The highest BCUT2D eigenvalue weighted by atomic mass is 35.5. The zero-order valence-corrected chi connectivity index (χ0v) is 6.24. The summed E-state index contributed by atoms with van der Waals surface area (Å²) in [5.74, 6) is 0.609. The van der Waals surface area contributed by atoms with Crippen molar-refractivity contribution in [3.8, 4) is 0 Å². The molecule has 0 N–H and O–H groups in total. The first kappa shape index (κ1) is 8.25. The Labute approximate surface area is 56.2 Å². The van der Waals surface area contributed by atoms with Crippen LogP contribution in [0.2, 0.25) is 0 Å². The van der Waals surface area contributed by atoms with Gasteiger partial charge in [0.2, 0.25) is 0 Å². The molecule has 0 rings (SSSR count). The molecule has 0 bridgehead atoms. The lowest BCUT2D eigenvalue weighted by atomic mass is 10.1. The van der Waals surface area contributed by atoms with Gasteiger partial charge in [-0.3, -0.25) is 4.29 Å². The summed E-state index contributed by atoms with van der Waals surface area (Å²) in [6, 6.07) is 0. The second-order valence-corrected chi connectivity index (χ2v) is 2.39. The van der Waals surface area contributed by atoms with Crippen molar-refractivity contribution in [3.63, 3.8) is 0 Å². The highest BCUT2D eigenvalue weighted by Gasteiger charge is 1.97. The summed E-state index contributed by atoms with van der Waals surface area (Å²) < 4.78 is 4.43. The zero-order chi connectivity index (χ0) is 6.41. The lowest BCUT2D eigenvalue weighted by Gasteiger charge is -2.04. The number of rotatable bonds is 4. The molecule has 0 fully saturated rings. The summed E-state index contributed by atoms with van der Waals surface area (Å²) in [5.41, 5.74) is 0. The Balaban J connectivity index is 2.92. The molecule has 0 radical (unpaired) electrons. The SMILES string of the molecule is CCCC(C)COCl. The molecule has 0 saturated heterocycles. The third kappa shape index (κ3) is 4.41. The monoisotopic (exact) mass is 136 g/mol. The van der Waals surface area contributed by atoms with Gasteiger partial charge in [0, 0.05) is 0 Å². The second kappa shape index (κ2) is 5.39. The summed E-state index contributed by atoms with van der Waals surface area (Å²) in [5, 5.41) is 0. The summed E-state index contributed by atoms with van der Waals surface area (Å²) >= 11 is 5.03. The highest BCUT2D eigenvalue weighted by molar-refractivity contribution is 6.07. The Bertz CT molecular complexity index is 41.8. The summed E-state index contributed by atoms with van der Waals surface area (Å²) in [6.45, 7) is 4.96. The third-order valence-electron chi connectivity index (χ3n) is 1.13. The molecule has 0 aromatic heterocycles. The van der Waals surface area contributed by atoms with E-state index in [1.165, 1.54) is 12.8 Å². The Hall–Kier alpha value is 0.250. The minimum Gasteiger partial charge on any atom is -0.279 e. The minimum absolute atomic E-state index is 0.609. The van der Waals surface area contributed by atoms with Crippen LogP contribution in [0.15, 0.2) is 0 Å². The summed E-state index contributed by atoms with van der Waals surface area (Å²) in [4.78, 5) is 0. The zero-order valence-electron chi connectivity index (χ0n) is 5.48. The van der Waals surface area contributed by atoms with Crippen molar-refractivity contribution >= 4 is 11.9 Å². The maximum atomic E-state index is 5.03. The number of halogens is 1. The van der Waals surface area contributed by atoms with Crippen LogP contribution in [0.1, 0.15) is 26.7 Å². The maximum absolute atomic E-state index is 5.03. The van der Waals surface area contributed by atoms with E-state index in [0.29, 0.717) is 12.5 Å². The van der Waals surface area contributed by atoms with Crippen LogP contribution in [0.4, 0.5) is 0 Å². The first-order valence-corrected chi connectivity index (χ1v) is 3.35. The molecule has 1 atom stereocenters. The van der Waals surface area contributed by atoms with E-state index in [2.05, 4.69) is 18.1 Å². The van der Waals surface area contributed by atoms with Crippen LogP contribution in [-0.2, 0) is 4.29 Å². The summed E-state index contributed by atoms with van der Waals surface area (Å²) in [6.07, 6.45) is 2.41. The molecule has 50 valence electrons. The Kier molecular flexibility index (Phi) is 5.56. The lowest BCUT2D eigenvalue weighted by Crippen LogP contribution is -1.99. The Morgan fingerprint density at radius 1 is 1.62 bits per heavy atom. The normalized spacial score (nSPS) is 13.9. The van der Waals surface area contributed by atoms with Crippen molar-refractivity contribution in [1.29, 1.82) is 0 Å². The molecule has 0 aliphatic carbocycles. The van der Waals surface area contributed by atoms with Crippen molar-refractivity contribution in [3.05, 3.63) is 0 Å². The average Bonchev–Trinajstić information content (AvgIpc) is 1.68. The van der Waals surface area contributed by atoms with Gasteiger partial charge in [-0.1, -0.05) is 20.3 Å². The molecule has 0 saturated carbocycles. The molecule has 0 aromatic carbocycles. The fraction of sp³-hybridized carbons (Fsp3) is 1.00. The Morgan fingerprint density at radius 3 is 2.62 bits per heavy atom. The molecular weight excluding hydrogens is 124 g/mol. The standard InChI is InChI=1S/C6H13ClO/c1-3-4-6(2)5-8-7/h6H,3-5H2,1-2H3. The smallest absolute Gasteiger partial charge is 0.0708 e. The van der Waals surface area contributed by atoms with E-state index in [1.807, 2.05) is 0 Å². The van der Waals surface area contributed by atoms with Gasteiger partial charge in [0.1, 0.15) is 0 Å². The van der Waals surface area contributed by atoms with Gasteiger partial charge in [0.05, 0.1) is 18.5 Å². The van der Waals surface area contributed by atoms with Crippen LogP contribution in [0.3, 0.4) is 0 Å². The van der Waals surface area contributed by atoms with Crippen molar-refractivity contribution in [1.82, 2.24) is 0 Å². The van der Waals surface area contributed by atoms with Gasteiger partial charge < -0.3 is 0 Å². The van der Waals surface area contributed by atoms with Crippen molar-refractivity contribution < 1.29 is 4.29 Å². The van der Waals surface area contributed by atoms with Gasteiger partial charge in [0.15, 0.2) is 0 Å². The van der Waals surface area contributed by atoms with E-state index in [9.17, 15) is 0 Å². The first-order valence-electron chi connectivity index (χ1n) is 3.04. The lowest BCUT2D eigenvalue weighted by molar-refractivity contribution is 0.274. The van der Waals surface area contributed by atoms with Gasteiger partial charge in [-0.25, -0.2) is 0 Å². The fourth-order valence-electron chi connectivity index (χ4n) is 0.684. The molecule has 0 amide bonds. The molecule has 0 aliphatic heterocycles. The predicted molar refractivity (Wildman–Crippen MR) is 35.9 cm³/mol. The minimum atomic E-state index is 0.609. The molecule has 2 heteroatoms. The topological polar surface area (TPSA) is 9.23 Å². The number of hydrogen-bond acceptors (Lipinski definition) is 1. The van der Waals surface area contributed by atoms with Gasteiger partial charge >= 0.3 is 0 Å². The van der Waals surface area contributed by atoms with Gasteiger partial charge in [0.25, 0.3) is 0 Å². The molecule has 0 aliphatic rings. The molecule has 1 unspecified atom stereocenters. The summed E-state index contributed by atoms with van der Waals surface area (Å²) in [7, 11) is 0. The first-order chi connectivity index (χ1) is 3.81. The van der Waals surface area contributed by atoms with E-state index in [0.717, 1.165) is 0 Å². The molecule has 0 spiro atoms. The van der Waals surface area contributed by atoms with Crippen LogP contribution in [0.25, 0.3) is 0 Å². The number of hydrogen-bond donors (Lipinski definition) is 0. The van der Waals surface area contributed by atoms with Gasteiger partial charge in [-0.05, 0) is 12.3 Å². The molecule has 8 heavy (non-hydrogen) atoms. The second-order valence-electron chi connectivity index (χ2n) is 2.17. The molecule has 0 aromatic rings. The van der Waals surface area contributed by atoms with E-state index in [-0.39, 0.29) is 0 Å². The molecule has 1 nitrogen and oxygen atoms in total. The van der Waals surface area contributed by atoms with Crippen molar-refractivity contribution in [2.24, 2.45) is 5.92 Å². The predicted octanol–water partition coefficient (Wildman–Crippen LogP) is 2.59. The Morgan fingerprint density at radius 2 is 2.25 bits per heavy atom. The van der Waals surface area contributed by atoms with Crippen LogP contribution >= 0.6 is 11.9 Å². The van der Waals surface area contributed by atoms with Crippen molar-refractivity contribution in [2.45, 2.75) is 26.7 Å². The van der Waals surface area contributed by atoms with Gasteiger partial charge in [-0.15, -0.1) is 0 Å². The average molecular weight is 137 g/mol. The van der Waals surface area contributed by atoms with Crippen LogP contribution in [-0.4, -0.2) is 6.61 Å². The van der Waals surface area contributed by atoms with E-state index >= 15 is 0 Å². The van der Waals surface area contributed by atoms with E-state index in [1.54, 1.807) is 0 Å². The quantitative estimate of drug-likeness (QED) is 0.577. The van der Waals surface area contributed by atoms with Crippen LogP contribution < -0.4 is 0 Å². The third-order valence-corrected chi connectivity index (χ3v) is 1.25. The van der Waals surface area contributed by atoms with Crippen LogP contribution in [0, 0.1) is 5.92 Å². The van der Waals surface area contributed by atoms with E-state index in [4.69, 9.17) is 11.9 Å². The van der Waals surface area contributed by atoms with Crippen LogP contribution in [0.5, 0.6) is 0 Å². The largest absolute Gasteiger partial charge is 0.279 e. The van der Waals surface area contributed by atoms with Gasteiger partial charge in [-0.2, -0.15) is 0 Å². The fourth-order valence-corrected chi connectivity index (χ4v) is 0.899. The van der Waals surface area contributed by atoms with E-state index < -0.39 is 0 Å². The molecular formula is C6H13ClO. The maximum Gasteiger partial charge on any atom is 0.0708 e.